The summed E-state index contributed by atoms with van der Waals surface area (Å²) in [5.41, 5.74) is 0. The first-order valence-corrected chi connectivity index (χ1v) is 4.85. The van der Waals surface area contributed by atoms with E-state index in [-0.39, 0.29) is 19.6 Å². The Hall–Kier alpha value is -1.14. The molecular formula is C9H15NO5. The highest BCUT2D eigenvalue weighted by Crippen LogP contribution is 2.24. The van der Waals surface area contributed by atoms with Crippen molar-refractivity contribution in [3.63, 3.8) is 0 Å². The van der Waals surface area contributed by atoms with Gasteiger partial charge in [0.05, 0.1) is 13.0 Å². The molecule has 0 saturated carbocycles. The number of carbonyl (C=O) groups is 2. The first-order chi connectivity index (χ1) is 7.03. The van der Waals surface area contributed by atoms with E-state index >= 15 is 0 Å². The molecule has 1 unspecified atom stereocenters. The lowest BCUT2D eigenvalue weighted by Crippen LogP contribution is -2.51. The summed E-state index contributed by atoms with van der Waals surface area (Å²) >= 11 is 0. The van der Waals surface area contributed by atoms with Gasteiger partial charge in [0, 0.05) is 6.61 Å². The summed E-state index contributed by atoms with van der Waals surface area (Å²) in [7, 11) is 0. The van der Waals surface area contributed by atoms with Crippen LogP contribution in [0.3, 0.4) is 0 Å². The maximum atomic E-state index is 11.4. The average molecular weight is 217 g/mol. The smallest absolute Gasteiger partial charge is 0.334 e. The molecule has 0 radical (unpaired) electrons. The quantitative estimate of drug-likeness (QED) is 0.474. The van der Waals surface area contributed by atoms with E-state index in [1.54, 1.807) is 13.8 Å². The Morgan fingerprint density at radius 1 is 1.60 bits per heavy atom. The molecule has 1 rings (SSSR count). The average Bonchev–Trinajstić information content (AvgIpc) is 2.42. The van der Waals surface area contributed by atoms with Gasteiger partial charge in [-0.15, -0.1) is 0 Å². The molecule has 0 aromatic heterocycles. The van der Waals surface area contributed by atoms with Crippen molar-refractivity contribution in [3.8, 4) is 0 Å². The Balaban J connectivity index is 2.76. The van der Waals surface area contributed by atoms with Crippen LogP contribution in [0.2, 0.25) is 0 Å². The Morgan fingerprint density at radius 2 is 2.27 bits per heavy atom. The normalized spacial score (nSPS) is 30.1. The van der Waals surface area contributed by atoms with Gasteiger partial charge in [-0.3, -0.25) is 4.79 Å². The molecule has 86 valence electrons. The predicted molar refractivity (Wildman–Crippen MR) is 49.8 cm³/mol. The van der Waals surface area contributed by atoms with Crippen LogP contribution < -0.4 is 5.32 Å². The number of nitrogens with one attached hydrogen (secondary N) is 1. The van der Waals surface area contributed by atoms with Crippen molar-refractivity contribution in [2.75, 3.05) is 13.2 Å². The van der Waals surface area contributed by atoms with E-state index in [4.69, 9.17) is 9.47 Å². The zero-order valence-electron chi connectivity index (χ0n) is 8.78. The Kier molecular flexibility index (Phi) is 3.65. The van der Waals surface area contributed by atoms with Crippen LogP contribution in [0, 0.1) is 0 Å². The molecule has 6 heteroatoms. The predicted octanol–water partition coefficient (Wildman–Crippen LogP) is -0.837. The van der Waals surface area contributed by atoms with Crippen molar-refractivity contribution in [2.24, 2.45) is 0 Å². The van der Waals surface area contributed by atoms with Gasteiger partial charge in [-0.05, 0) is 13.8 Å². The fraction of sp³-hybridized carbons (Fsp3) is 0.778. The summed E-state index contributed by atoms with van der Waals surface area (Å²) in [6.45, 7) is 3.71. The molecule has 1 saturated heterocycles. The molecule has 15 heavy (non-hydrogen) atoms. The van der Waals surface area contributed by atoms with Gasteiger partial charge in [0.15, 0.2) is 6.04 Å². The second-order valence-corrected chi connectivity index (χ2v) is 3.21. The number of amides is 1. The van der Waals surface area contributed by atoms with E-state index < -0.39 is 23.7 Å². The van der Waals surface area contributed by atoms with Crippen LogP contribution in [-0.4, -0.2) is 42.0 Å². The van der Waals surface area contributed by atoms with Crippen LogP contribution in [0.1, 0.15) is 20.3 Å². The molecule has 6 nitrogen and oxygen atoms in total. The monoisotopic (exact) mass is 217 g/mol. The van der Waals surface area contributed by atoms with Crippen molar-refractivity contribution >= 4 is 11.9 Å². The Labute approximate surface area is 87.5 Å². The number of rotatable bonds is 4. The number of hydrogen-bond donors (Lipinski definition) is 2. The van der Waals surface area contributed by atoms with Crippen LogP contribution in [0.4, 0.5) is 0 Å². The van der Waals surface area contributed by atoms with Gasteiger partial charge in [-0.25, -0.2) is 4.79 Å². The molecule has 1 aliphatic heterocycles. The summed E-state index contributed by atoms with van der Waals surface area (Å²) in [6.07, 6.45) is -0.246. The minimum atomic E-state index is -1.78. The first kappa shape index (κ1) is 11.9. The Bertz CT molecular complexity index is 267. The van der Waals surface area contributed by atoms with Crippen molar-refractivity contribution in [3.05, 3.63) is 0 Å². The van der Waals surface area contributed by atoms with Crippen LogP contribution in [0.25, 0.3) is 0 Å². The molecule has 0 aromatic carbocycles. The van der Waals surface area contributed by atoms with Gasteiger partial charge in [0.25, 0.3) is 0 Å². The highest BCUT2D eigenvalue weighted by atomic mass is 16.6. The molecule has 2 N–H and O–H groups in total. The summed E-state index contributed by atoms with van der Waals surface area (Å²) in [5.74, 6) is -2.89. The van der Waals surface area contributed by atoms with Crippen molar-refractivity contribution in [1.82, 2.24) is 5.32 Å². The number of ether oxygens (including phenoxy) is 2. The molecule has 1 amide bonds. The van der Waals surface area contributed by atoms with Crippen molar-refractivity contribution in [1.29, 1.82) is 0 Å². The highest BCUT2D eigenvalue weighted by molar-refractivity contribution is 5.90. The lowest BCUT2D eigenvalue weighted by molar-refractivity contribution is -0.212. The molecule has 0 aliphatic carbocycles. The summed E-state index contributed by atoms with van der Waals surface area (Å²) in [5, 5.41) is 12.2. The van der Waals surface area contributed by atoms with Crippen LogP contribution in [-0.2, 0) is 19.1 Å². The molecule has 0 aromatic rings. The fourth-order valence-electron chi connectivity index (χ4n) is 1.51. The van der Waals surface area contributed by atoms with Crippen LogP contribution in [0.5, 0.6) is 0 Å². The van der Waals surface area contributed by atoms with E-state index in [0.717, 1.165) is 0 Å². The minimum Gasteiger partial charge on any atom is -0.464 e. The summed E-state index contributed by atoms with van der Waals surface area (Å²) in [4.78, 5) is 22.5. The van der Waals surface area contributed by atoms with E-state index in [1.807, 2.05) is 0 Å². The van der Waals surface area contributed by atoms with E-state index in [0.29, 0.717) is 0 Å². The Morgan fingerprint density at radius 3 is 2.80 bits per heavy atom. The van der Waals surface area contributed by atoms with E-state index in [9.17, 15) is 14.7 Å². The second kappa shape index (κ2) is 4.59. The maximum absolute atomic E-state index is 11.4. The number of aliphatic hydroxyl groups is 1. The van der Waals surface area contributed by atoms with Gasteiger partial charge in [0.1, 0.15) is 0 Å². The first-order valence-electron chi connectivity index (χ1n) is 4.85. The number of esters is 1. The summed E-state index contributed by atoms with van der Waals surface area (Å²) in [6, 6.07) is -1.13. The SMILES string of the molecule is CCOC(=O)[C@H]1NC(=O)CC1(O)OCC. The third kappa shape index (κ3) is 2.45. The van der Waals surface area contributed by atoms with E-state index in [2.05, 4.69) is 5.32 Å². The lowest BCUT2D eigenvalue weighted by Gasteiger charge is -2.26. The van der Waals surface area contributed by atoms with Gasteiger partial charge >= 0.3 is 5.97 Å². The fourth-order valence-corrected chi connectivity index (χ4v) is 1.51. The second-order valence-electron chi connectivity index (χ2n) is 3.21. The lowest BCUT2D eigenvalue weighted by atomic mass is 10.1. The number of hydrogen-bond acceptors (Lipinski definition) is 5. The third-order valence-corrected chi connectivity index (χ3v) is 2.09. The molecule has 0 bridgehead atoms. The topological polar surface area (TPSA) is 84.9 Å². The zero-order valence-corrected chi connectivity index (χ0v) is 8.78. The third-order valence-electron chi connectivity index (χ3n) is 2.09. The van der Waals surface area contributed by atoms with Gasteiger partial charge in [-0.2, -0.15) is 0 Å². The molecular weight excluding hydrogens is 202 g/mol. The van der Waals surface area contributed by atoms with Crippen molar-refractivity contribution < 1.29 is 24.2 Å². The minimum absolute atomic E-state index is 0.188. The highest BCUT2D eigenvalue weighted by Gasteiger charge is 2.51. The molecule has 1 heterocycles. The molecule has 2 atom stereocenters. The van der Waals surface area contributed by atoms with Crippen LogP contribution >= 0.6 is 0 Å². The zero-order chi connectivity index (χ0) is 11.5. The maximum Gasteiger partial charge on any atom is 0.334 e. The van der Waals surface area contributed by atoms with Gasteiger partial charge in [0.2, 0.25) is 11.7 Å². The largest absolute Gasteiger partial charge is 0.464 e. The summed E-state index contributed by atoms with van der Waals surface area (Å²) < 4.78 is 9.73. The van der Waals surface area contributed by atoms with Gasteiger partial charge in [-0.1, -0.05) is 0 Å². The molecule has 1 aliphatic rings. The van der Waals surface area contributed by atoms with E-state index in [1.165, 1.54) is 0 Å². The van der Waals surface area contributed by atoms with Gasteiger partial charge < -0.3 is 19.9 Å². The number of carbonyl (C=O) groups excluding carboxylic acids is 2. The molecule has 1 fully saturated rings. The standard InChI is InChI=1S/C9H15NO5/c1-3-14-8(12)7-9(13,15-4-2)5-6(11)10-7/h7,13H,3-5H2,1-2H3,(H,10,11)/t7-,9?/m1/s1. The van der Waals surface area contributed by atoms with Crippen LogP contribution in [0.15, 0.2) is 0 Å². The molecule has 0 spiro atoms. The van der Waals surface area contributed by atoms with Crippen molar-refractivity contribution in [2.45, 2.75) is 32.1 Å².